The molecule has 1 N–H and O–H groups in total. The van der Waals surface area contributed by atoms with Crippen molar-refractivity contribution in [2.75, 3.05) is 6.61 Å². The number of aromatic carboxylic acids is 1. The zero-order valence-corrected chi connectivity index (χ0v) is 8.84. The van der Waals surface area contributed by atoms with E-state index in [-0.39, 0.29) is 5.56 Å². The fourth-order valence-electron chi connectivity index (χ4n) is 1.19. The Kier molecular flexibility index (Phi) is 4.27. The van der Waals surface area contributed by atoms with Crippen LogP contribution in [-0.2, 0) is 9.53 Å². The molecule has 1 rings (SSSR count). The molecule has 1 aromatic carbocycles. The quantitative estimate of drug-likeness (QED) is 0.622. The summed E-state index contributed by atoms with van der Waals surface area (Å²) in [6.07, 6.45) is 2.65. The van der Waals surface area contributed by atoms with Crippen molar-refractivity contribution in [3.05, 3.63) is 41.5 Å². The number of ether oxygens (including phenoxy) is 1. The van der Waals surface area contributed by atoms with Crippen LogP contribution in [-0.4, -0.2) is 23.7 Å². The van der Waals surface area contributed by atoms with Crippen LogP contribution in [0.2, 0.25) is 0 Å². The third-order valence-corrected chi connectivity index (χ3v) is 1.88. The van der Waals surface area contributed by atoms with E-state index in [9.17, 15) is 9.59 Å². The van der Waals surface area contributed by atoms with Crippen molar-refractivity contribution in [3.8, 4) is 0 Å². The number of carboxylic acid groups (broad SMARTS) is 1. The van der Waals surface area contributed by atoms with E-state index in [4.69, 9.17) is 9.84 Å². The number of hydrogen-bond acceptors (Lipinski definition) is 3. The van der Waals surface area contributed by atoms with Crippen molar-refractivity contribution in [1.29, 1.82) is 0 Å². The highest BCUT2D eigenvalue weighted by Gasteiger charge is 2.06. The van der Waals surface area contributed by atoms with Crippen molar-refractivity contribution in [2.45, 2.75) is 6.92 Å². The number of carbonyl (C=O) groups excluding carboxylic acids is 1. The van der Waals surface area contributed by atoms with E-state index in [1.807, 2.05) is 0 Å². The Labute approximate surface area is 93.2 Å². The number of carboxylic acids is 1. The van der Waals surface area contributed by atoms with Crippen LogP contribution in [0.1, 0.15) is 22.8 Å². The van der Waals surface area contributed by atoms with Gasteiger partial charge in [-0.05, 0) is 24.6 Å². The van der Waals surface area contributed by atoms with E-state index in [0.717, 1.165) is 0 Å². The molecule has 0 fully saturated rings. The normalized spacial score (nSPS) is 10.3. The first-order valence-corrected chi connectivity index (χ1v) is 4.82. The van der Waals surface area contributed by atoms with E-state index in [2.05, 4.69) is 0 Å². The van der Waals surface area contributed by atoms with Crippen molar-refractivity contribution < 1.29 is 19.4 Å². The molecular weight excluding hydrogens is 208 g/mol. The second-order valence-corrected chi connectivity index (χ2v) is 2.98. The van der Waals surface area contributed by atoms with Gasteiger partial charge in [-0.1, -0.05) is 18.2 Å². The fourth-order valence-corrected chi connectivity index (χ4v) is 1.19. The van der Waals surface area contributed by atoms with Gasteiger partial charge in [0.1, 0.15) is 0 Å². The molecule has 4 heteroatoms. The molecule has 4 nitrogen and oxygen atoms in total. The zero-order chi connectivity index (χ0) is 12.0. The lowest BCUT2D eigenvalue weighted by Gasteiger charge is -1.99. The molecule has 0 aliphatic heterocycles. The standard InChI is InChI=1S/C12H12O4/c1-2-16-11(13)8-7-9-5-3-4-6-10(9)12(14)15/h3-8H,2H2,1H3,(H,14,15)/b8-7-. The van der Waals surface area contributed by atoms with Gasteiger partial charge < -0.3 is 9.84 Å². The van der Waals surface area contributed by atoms with Crippen LogP contribution in [0.3, 0.4) is 0 Å². The van der Waals surface area contributed by atoms with E-state index in [1.165, 1.54) is 18.2 Å². The lowest BCUT2D eigenvalue weighted by molar-refractivity contribution is -0.137. The highest BCUT2D eigenvalue weighted by molar-refractivity contribution is 5.94. The molecule has 0 amide bonds. The Morgan fingerprint density at radius 2 is 2.06 bits per heavy atom. The van der Waals surface area contributed by atoms with Crippen LogP contribution in [0.15, 0.2) is 30.3 Å². The average molecular weight is 220 g/mol. The first-order chi connectivity index (χ1) is 7.65. The van der Waals surface area contributed by atoms with Gasteiger partial charge in [-0.2, -0.15) is 0 Å². The lowest BCUT2D eigenvalue weighted by Crippen LogP contribution is -2.01. The number of hydrogen-bond donors (Lipinski definition) is 1. The molecule has 0 aliphatic rings. The summed E-state index contributed by atoms with van der Waals surface area (Å²) in [7, 11) is 0. The van der Waals surface area contributed by atoms with E-state index in [1.54, 1.807) is 25.1 Å². The molecular formula is C12H12O4. The number of esters is 1. The van der Waals surface area contributed by atoms with Crippen LogP contribution in [0.4, 0.5) is 0 Å². The minimum atomic E-state index is -1.02. The average Bonchev–Trinajstić information content (AvgIpc) is 2.27. The monoisotopic (exact) mass is 220 g/mol. The molecule has 84 valence electrons. The highest BCUT2D eigenvalue weighted by Crippen LogP contribution is 2.10. The van der Waals surface area contributed by atoms with Crippen LogP contribution >= 0.6 is 0 Å². The zero-order valence-electron chi connectivity index (χ0n) is 8.84. The summed E-state index contributed by atoms with van der Waals surface area (Å²) in [5.41, 5.74) is 0.631. The SMILES string of the molecule is CCOC(=O)/C=C\c1ccccc1C(=O)O. The predicted molar refractivity (Wildman–Crippen MR) is 59.1 cm³/mol. The van der Waals surface area contributed by atoms with E-state index < -0.39 is 11.9 Å². The third-order valence-electron chi connectivity index (χ3n) is 1.88. The number of benzene rings is 1. The van der Waals surface area contributed by atoms with Gasteiger partial charge in [-0.25, -0.2) is 9.59 Å². The van der Waals surface area contributed by atoms with Crippen LogP contribution in [0, 0.1) is 0 Å². The molecule has 0 spiro atoms. The molecule has 0 bridgehead atoms. The molecule has 0 atom stereocenters. The van der Waals surface area contributed by atoms with Gasteiger partial charge in [0.25, 0.3) is 0 Å². The summed E-state index contributed by atoms with van der Waals surface area (Å²) < 4.78 is 4.69. The van der Waals surface area contributed by atoms with Gasteiger partial charge in [-0.3, -0.25) is 0 Å². The molecule has 0 aromatic heterocycles. The van der Waals surface area contributed by atoms with Gasteiger partial charge in [0.15, 0.2) is 0 Å². The minimum Gasteiger partial charge on any atom is -0.478 e. The van der Waals surface area contributed by atoms with Crippen LogP contribution in [0.5, 0.6) is 0 Å². The Hall–Kier alpha value is -2.10. The van der Waals surface area contributed by atoms with E-state index >= 15 is 0 Å². The highest BCUT2D eigenvalue weighted by atomic mass is 16.5. The van der Waals surface area contributed by atoms with Gasteiger partial charge in [0.2, 0.25) is 0 Å². The molecule has 1 aromatic rings. The lowest BCUT2D eigenvalue weighted by atomic mass is 10.1. The van der Waals surface area contributed by atoms with Gasteiger partial charge in [0.05, 0.1) is 12.2 Å². The summed E-state index contributed by atoms with van der Waals surface area (Å²) in [5, 5.41) is 8.88. The summed E-state index contributed by atoms with van der Waals surface area (Å²) in [5.74, 6) is -1.51. The number of carbonyl (C=O) groups is 2. The molecule has 0 aliphatic carbocycles. The summed E-state index contributed by atoms with van der Waals surface area (Å²) in [4.78, 5) is 21.9. The smallest absolute Gasteiger partial charge is 0.336 e. The molecule has 0 saturated heterocycles. The molecule has 16 heavy (non-hydrogen) atoms. The molecule has 0 unspecified atom stereocenters. The van der Waals surface area contributed by atoms with Crippen molar-refractivity contribution in [1.82, 2.24) is 0 Å². The molecule has 0 heterocycles. The summed E-state index contributed by atoms with van der Waals surface area (Å²) in [6.45, 7) is 2.00. The van der Waals surface area contributed by atoms with Crippen molar-refractivity contribution >= 4 is 18.0 Å². The third kappa shape index (κ3) is 3.24. The van der Waals surface area contributed by atoms with Crippen molar-refractivity contribution in [3.63, 3.8) is 0 Å². The van der Waals surface area contributed by atoms with Crippen LogP contribution < -0.4 is 0 Å². The maximum Gasteiger partial charge on any atom is 0.336 e. The maximum atomic E-state index is 11.0. The second-order valence-electron chi connectivity index (χ2n) is 2.98. The fraction of sp³-hybridized carbons (Fsp3) is 0.167. The van der Waals surface area contributed by atoms with Gasteiger partial charge in [-0.15, -0.1) is 0 Å². The first-order valence-electron chi connectivity index (χ1n) is 4.82. The Bertz CT molecular complexity index is 421. The van der Waals surface area contributed by atoms with Gasteiger partial charge in [0, 0.05) is 6.08 Å². The number of rotatable bonds is 4. The summed E-state index contributed by atoms with van der Waals surface area (Å²) >= 11 is 0. The van der Waals surface area contributed by atoms with Crippen LogP contribution in [0.25, 0.3) is 6.08 Å². The Balaban J connectivity index is 2.88. The topological polar surface area (TPSA) is 63.6 Å². The van der Waals surface area contributed by atoms with E-state index in [0.29, 0.717) is 12.2 Å². The largest absolute Gasteiger partial charge is 0.478 e. The van der Waals surface area contributed by atoms with Crippen molar-refractivity contribution in [2.24, 2.45) is 0 Å². The molecule has 0 saturated carbocycles. The minimum absolute atomic E-state index is 0.156. The Morgan fingerprint density at radius 1 is 1.38 bits per heavy atom. The summed E-state index contributed by atoms with van der Waals surface area (Å²) in [6, 6.07) is 6.44. The predicted octanol–water partition coefficient (Wildman–Crippen LogP) is 1.96. The molecule has 0 radical (unpaired) electrons. The maximum absolute atomic E-state index is 11.0. The first kappa shape index (κ1) is 12.0. The second kappa shape index (κ2) is 5.70. The van der Waals surface area contributed by atoms with Gasteiger partial charge >= 0.3 is 11.9 Å². The Morgan fingerprint density at radius 3 is 2.69 bits per heavy atom.